The molecule has 3 heteroatoms. The summed E-state index contributed by atoms with van der Waals surface area (Å²) in [6, 6.07) is 65.1. The zero-order chi connectivity index (χ0) is 35.7. The van der Waals surface area contributed by atoms with Gasteiger partial charge in [0, 0.05) is 54.8 Å². The summed E-state index contributed by atoms with van der Waals surface area (Å²) in [5.74, 6) is 0. The number of hydrogen-bond acceptors (Lipinski definition) is 0. The highest BCUT2D eigenvalue weighted by Gasteiger charge is 2.35. The predicted molar refractivity (Wildman–Crippen MR) is 227 cm³/mol. The van der Waals surface area contributed by atoms with Crippen molar-refractivity contribution in [1.82, 2.24) is 13.7 Å². The van der Waals surface area contributed by atoms with E-state index in [1.54, 1.807) is 0 Å². The molecule has 0 unspecified atom stereocenters. The average Bonchev–Trinajstić information content (AvgIpc) is 3.91. The Morgan fingerprint density at radius 2 is 0.704 bits per heavy atom. The van der Waals surface area contributed by atoms with Crippen LogP contribution >= 0.6 is 0 Å². The van der Waals surface area contributed by atoms with Crippen molar-refractivity contribution < 1.29 is 0 Å². The first-order chi connectivity index (χ1) is 26.6. The van der Waals surface area contributed by atoms with E-state index < -0.39 is 0 Å². The molecule has 0 saturated heterocycles. The molecule has 0 spiro atoms. The van der Waals surface area contributed by atoms with Gasteiger partial charge in [0.1, 0.15) is 0 Å². The topological polar surface area (TPSA) is 14.8 Å². The van der Waals surface area contributed by atoms with Gasteiger partial charge in [0.2, 0.25) is 0 Å². The third kappa shape index (κ3) is 3.85. The van der Waals surface area contributed by atoms with Gasteiger partial charge in [0.15, 0.2) is 0 Å². The van der Waals surface area contributed by atoms with Gasteiger partial charge < -0.3 is 13.7 Å². The van der Waals surface area contributed by atoms with Gasteiger partial charge in [-0.25, -0.2) is 0 Å². The molecule has 0 atom stereocenters. The summed E-state index contributed by atoms with van der Waals surface area (Å²) in [5, 5.41) is 7.56. The van der Waals surface area contributed by atoms with Crippen LogP contribution in [-0.4, -0.2) is 13.7 Å². The molecule has 1 aliphatic rings. The van der Waals surface area contributed by atoms with E-state index in [2.05, 4.69) is 203 Å². The molecule has 0 radical (unpaired) electrons. The second kappa shape index (κ2) is 10.6. The molecule has 3 aromatic heterocycles. The van der Waals surface area contributed by atoms with Gasteiger partial charge in [0.25, 0.3) is 0 Å². The number of para-hydroxylation sites is 4. The Hall–Kier alpha value is -6.84. The predicted octanol–water partition coefficient (Wildman–Crippen LogP) is 13.3. The lowest BCUT2D eigenvalue weighted by Crippen LogP contribution is -2.15. The van der Waals surface area contributed by atoms with Crippen molar-refractivity contribution in [3.8, 4) is 28.2 Å². The Balaban J connectivity index is 1.09. The molecular formula is C51H35N3. The molecule has 0 amide bonds. The largest absolute Gasteiger partial charge is 0.309 e. The second-order valence-corrected chi connectivity index (χ2v) is 15.4. The van der Waals surface area contributed by atoms with E-state index in [0.717, 1.165) is 5.69 Å². The first-order valence-corrected chi connectivity index (χ1v) is 18.9. The van der Waals surface area contributed by atoms with E-state index in [-0.39, 0.29) is 5.41 Å². The smallest absolute Gasteiger partial charge is 0.0561 e. The van der Waals surface area contributed by atoms with E-state index >= 15 is 0 Å². The van der Waals surface area contributed by atoms with Crippen LogP contribution in [0.3, 0.4) is 0 Å². The first-order valence-electron chi connectivity index (χ1n) is 18.9. The van der Waals surface area contributed by atoms with Crippen LogP contribution in [0.2, 0.25) is 0 Å². The van der Waals surface area contributed by atoms with Crippen LogP contribution in [0.15, 0.2) is 176 Å². The van der Waals surface area contributed by atoms with Crippen molar-refractivity contribution in [1.29, 1.82) is 0 Å². The molecule has 3 nitrogen and oxygen atoms in total. The van der Waals surface area contributed by atoms with Crippen molar-refractivity contribution >= 4 is 65.4 Å². The molecule has 3 heterocycles. The Labute approximate surface area is 312 Å². The molecule has 0 N–H and O–H groups in total. The molecule has 12 rings (SSSR count). The van der Waals surface area contributed by atoms with E-state index in [4.69, 9.17) is 0 Å². The normalized spacial score (nSPS) is 13.5. The van der Waals surface area contributed by atoms with Crippen LogP contribution in [0.4, 0.5) is 0 Å². The van der Waals surface area contributed by atoms with E-state index in [1.165, 1.54) is 99.0 Å². The molecule has 0 aliphatic heterocycles. The SMILES string of the molecule is CC1(C)c2ccccc2-c2ccc(-n3c4ccccc4c4ccc(-n5c6ccccc6c6cc(-n7c8ccccc8c8ccccc87)ccc65)cc43)cc21. The van der Waals surface area contributed by atoms with Crippen molar-refractivity contribution in [2.75, 3.05) is 0 Å². The molecule has 0 fully saturated rings. The lowest BCUT2D eigenvalue weighted by atomic mass is 9.82. The summed E-state index contributed by atoms with van der Waals surface area (Å²) in [5.41, 5.74) is 16.2. The molecular weight excluding hydrogens is 655 g/mol. The fraction of sp³-hybridized carbons (Fsp3) is 0.0588. The van der Waals surface area contributed by atoms with Crippen molar-refractivity contribution in [2.24, 2.45) is 0 Å². The minimum Gasteiger partial charge on any atom is -0.309 e. The van der Waals surface area contributed by atoms with Crippen LogP contribution in [0, 0.1) is 0 Å². The summed E-state index contributed by atoms with van der Waals surface area (Å²) in [6.45, 7) is 4.72. The number of fused-ring (bicyclic) bond motifs is 12. The number of aromatic nitrogens is 3. The lowest BCUT2D eigenvalue weighted by molar-refractivity contribution is 0.660. The monoisotopic (exact) mass is 689 g/mol. The fourth-order valence-electron chi connectivity index (χ4n) is 9.79. The summed E-state index contributed by atoms with van der Waals surface area (Å²) in [6.07, 6.45) is 0. The van der Waals surface area contributed by atoms with Gasteiger partial charge >= 0.3 is 0 Å². The van der Waals surface area contributed by atoms with Crippen molar-refractivity contribution in [3.05, 3.63) is 187 Å². The zero-order valence-electron chi connectivity index (χ0n) is 30.1. The molecule has 1 aliphatic carbocycles. The van der Waals surface area contributed by atoms with Crippen molar-refractivity contribution in [3.63, 3.8) is 0 Å². The average molecular weight is 690 g/mol. The highest BCUT2D eigenvalue weighted by Crippen LogP contribution is 2.49. The second-order valence-electron chi connectivity index (χ2n) is 15.4. The van der Waals surface area contributed by atoms with Crippen LogP contribution < -0.4 is 0 Å². The maximum Gasteiger partial charge on any atom is 0.0561 e. The Morgan fingerprint density at radius 3 is 1.33 bits per heavy atom. The summed E-state index contributed by atoms with van der Waals surface area (Å²) < 4.78 is 7.34. The van der Waals surface area contributed by atoms with E-state index in [0.29, 0.717) is 0 Å². The maximum atomic E-state index is 2.47. The van der Waals surface area contributed by atoms with Crippen LogP contribution in [0.1, 0.15) is 25.0 Å². The van der Waals surface area contributed by atoms with Gasteiger partial charge in [0.05, 0.1) is 33.1 Å². The van der Waals surface area contributed by atoms with Crippen LogP contribution in [0.5, 0.6) is 0 Å². The Kier molecular flexibility index (Phi) is 5.84. The van der Waals surface area contributed by atoms with Gasteiger partial charge in [-0.05, 0) is 89.0 Å². The van der Waals surface area contributed by atoms with Crippen molar-refractivity contribution in [2.45, 2.75) is 19.3 Å². The molecule has 254 valence electrons. The third-order valence-corrected chi connectivity index (χ3v) is 12.2. The number of nitrogens with zero attached hydrogens (tertiary/aromatic N) is 3. The minimum absolute atomic E-state index is 0.0765. The highest BCUT2D eigenvalue weighted by atomic mass is 15.0. The van der Waals surface area contributed by atoms with E-state index in [9.17, 15) is 0 Å². The molecule has 0 bridgehead atoms. The highest BCUT2D eigenvalue weighted by molar-refractivity contribution is 6.13. The number of rotatable bonds is 3. The number of hydrogen-bond donors (Lipinski definition) is 0. The molecule has 0 saturated carbocycles. The summed E-state index contributed by atoms with van der Waals surface area (Å²) >= 11 is 0. The fourth-order valence-corrected chi connectivity index (χ4v) is 9.79. The third-order valence-electron chi connectivity index (χ3n) is 12.2. The zero-order valence-corrected chi connectivity index (χ0v) is 30.1. The van der Waals surface area contributed by atoms with Gasteiger partial charge in [-0.2, -0.15) is 0 Å². The standard InChI is InChI=1S/C51H35N3/c1-51(2)43-18-8-3-13-35(43)36-26-23-33(30-44(36)51)54-47-21-11-6-16-39(47)41-27-24-34(31-50(41)54)53-48-22-12-7-17-40(48)42-29-32(25-28-49(42)53)52-45-19-9-4-14-37(45)38-15-5-10-20-46(38)52/h3-31H,1-2H3. The van der Waals surface area contributed by atoms with Gasteiger partial charge in [-0.15, -0.1) is 0 Å². The van der Waals surface area contributed by atoms with Crippen LogP contribution in [-0.2, 0) is 5.41 Å². The first kappa shape index (κ1) is 29.7. The Morgan fingerprint density at radius 1 is 0.296 bits per heavy atom. The molecule has 54 heavy (non-hydrogen) atoms. The number of benzene rings is 8. The van der Waals surface area contributed by atoms with Gasteiger partial charge in [-0.1, -0.05) is 123 Å². The van der Waals surface area contributed by atoms with Crippen LogP contribution in [0.25, 0.3) is 93.6 Å². The van der Waals surface area contributed by atoms with Gasteiger partial charge in [-0.3, -0.25) is 0 Å². The quantitative estimate of drug-likeness (QED) is 0.175. The Bertz CT molecular complexity index is 3310. The maximum absolute atomic E-state index is 2.47. The molecule has 11 aromatic rings. The lowest BCUT2D eigenvalue weighted by Gasteiger charge is -2.22. The minimum atomic E-state index is -0.0765. The summed E-state index contributed by atoms with van der Waals surface area (Å²) in [4.78, 5) is 0. The molecule has 8 aromatic carbocycles. The van der Waals surface area contributed by atoms with E-state index in [1.807, 2.05) is 0 Å². The summed E-state index contributed by atoms with van der Waals surface area (Å²) in [7, 11) is 0.